The maximum absolute atomic E-state index is 12.9. The Labute approximate surface area is 192 Å². The minimum atomic E-state index is -0.439. The average molecular weight is 517 g/mol. The van der Waals surface area contributed by atoms with Crippen LogP contribution in [0, 0.1) is 0 Å². The van der Waals surface area contributed by atoms with Gasteiger partial charge in [-0.2, -0.15) is 0 Å². The van der Waals surface area contributed by atoms with Gasteiger partial charge in [0.2, 0.25) is 0 Å². The highest BCUT2D eigenvalue weighted by Gasteiger charge is 2.36. The van der Waals surface area contributed by atoms with Crippen molar-refractivity contribution in [3.8, 4) is 22.8 Å². The Morgan fingerprint density at radius 2 is 1.97 bits per heavy atom. The van der Waals surface area contributed by atoms with Gasteiger partial charge in [-0.3, -0.25) is 4.79 Å². The topological polar surface area (TPSA) is 94.1 Å². The summed E-state index contributed by atoms with van der Waals surface area (Å²) in [6.45, 7) is 0.617. The molecule has 0 bridgehead atoms. The third kappa shape index (κ3) is 3.81. The summed E-state index contributed by atoms with van der Waals surface area (Å²) >= 11 is 9.68. The smallest absolute Gasteiger partial charge is 0.197 e. The van der Waals surface area contributed by atoms with E-state index >= 15 is 0 Å². The van der Waals surface area contributed by atoms with Gasteiger partial charge in [0.05, 0.1) is 11.6 Å². The third-order valence-electron chi connectivity index (χ3n) is 5.58. The standard InChI is InChI=1S/C21H19BrClNO5.ClH/c1-24-5-4-12(14(24)9-25)19-15(26)7-16(27)20-17(28)8-18(29-21(19)20)11-3-2-10(22)6-13(11)23;/h2-3,6-8,12,14,25-27H,4-5,9H2,1H3;1H. The highest BCUT2D eigenvalue weighted by Crippen LogP contribution is 2.44. The zero-order valence-corrected chi connectivity index (χ0v) is 19.1. The van der Waals surface area contributed by atoms with Gasteiger partial charge in [0.25, 0.3) is 0 Å². The maximum Gasteiger partial charge on any atom is 0.197 e. The fraction of sp³-hybridized carbons (Fsp3) is 0.286. The number of benzene rings is 2. The molecule has 160 valence electrons. The number of nitrogens with zero attached hydrogens (tertiary/aromatic N) is 1. The van der Waals surface area contributed by atoms with E-state index in [4.69, 9.17) is 16.0 Å². The van der Waals surface area contributed by atoms with Crippen LogP contribution >= 0.6 is 39.9 Å². The molecule has 30 heavy (non-hydrogen) atoms. The Bertz CT molecular complexity index is 1170. The Balaban J connectivity index is 0.00000256. The van der Waals surface area contributed by atoms with E-state index in [2.05, 4.69) is 15.9 Å². The van der Waals surface area contributed by atoms with Gasteiger partial charge in [-0.1, -0.05) is 27.5 Å². The average Bonchev–Trinajstić information content (AvgIpc) is 3.01. The molecule has 2 aromatic carbocycles. The highest BCUT2D eigenvalue weighted by atomic mass is 79.9. The molecule has 0 amide bonds. The molecule has 6 nitrogen and oxygen atoms in total. The number of hydrogen-bond donors (Lipinski definition) is 3. The van der Waals surface area contributed by atoms with E-state index in [-0.39, 0.29) is 59.2 Å². The second-order valence-electron chi connectivity index (χ2n) is 7.26. The van der Waals surface area contributed by atoms with Crippen molar-refractivity contribution in [2.75, 3.05) is 20.2 Å². The van der Waals surface area contributed by atoms with Crippen LogP contribution in [-0.2, 0) is 0 Å². The van der Waals surface area contributed by atoms with E-state index < -0.39 is 5.43 Å². The summed E-state index contributed by atoms with van der Waals surface area (Å²) in [5.74, 6) is -0.545. The van der Waals surface area contributed by atoms with Gasteiger partial charge in [-0.15, -0.1) is 12.4 Å². The molecule has 3 aromatic rings. The Kier molecular flexibility index (Phi) is 6.69. The zero-order valence-electron chi connectivity index (χ0n) is 15.9. The Morgan fingerprint density at radius 1 is 1.23 bits per heavy atom. The molecule has 1 saturated heterocycles. The molecule has 1 fully saturated rings. The molecule has 1 aliphatic heterocycles. The number of fused-ring (bicyclic) bond motifs is 1. The lowest BCUT2D eigenvalue weighted by Gasteiger charge is -2.24. The molecule has 0 saturated carbocycles. The van der Waals surface area contributed by atoms with Gasteiger partial charge in [0, 0.05) is 39.7 Å². The molecule has 2 heterocycles. The lowest BCUT2D eigenvalue weighted by molar-refractivity contribution is 0.172. The second kappa shape index (κ2) is 8.77. The quantitative estimate of drug-likeness (QED) is 0.475. The number of rotatable bonds is 3. The molecule has 9 heteroatoms. The van der Waals surface area contributed by atoms with Crippen LogP contribution in [-0.4, -0.2) is 46.5 Å². The van der Waals surface area contributed by atoms with Crippen LogP contribution in [0.3, 0.4) is 0 Å². The van der Waals surface area contributed by atoms with E-state index in [0.29, 0.717) is 22.6 Å². The molecule has 4 rings (SSSR count). The fourth-order valence-corrected chi connectivity index (χ4v) is 4.88. The molecule has 2 unspecified atom stereocenters. The summed E-state index contributed by atoms with van der Waals surface area (Å²) in [7, 11) is 1.89. The van der Waals surface area contributed by atoms with Crippen LogP contribution in [0.15, 0.2) is 44.0 Å². The highest BCUT2D eigenvalue weighted by molar-refractivity contribution is 9.10. The lowest BCUT2D eigenvalue weighted by Crippen LogP contribution is -2.32. The SMILES string of the molecule is CN1CCC(c2c(O)cc(O)c3c(=O)cc(-c4ccc(Br)cc4Cl)oc23)C1CO.Cl. The number of hydrogen-bond acceptors (Lipinski definition) is 6. The summed E-state index contributed by atoms with van der Waals surface area (Å²) in [5.41, 5.74) is 0.604. The second-order valence-corrected chi connectivity index (χ2v) is 8.58. The summed E-state index contributed by atoms with van der Waals surface area (Å²) in [4.78, 5) is 14.8. The zero-order chi connectivity index (χ0) is 20.9. The van der Waals surface area contributed by atoms with E-state index in [1.807, 2.05) is 11.9 Å². The van der Waals surface area contributed by atoms with Crippen molar-refractivity contribution in [3.05, 3.63) is 55.6 Å². The lowest BCUT2D eigenvalue weighted by atomic mass is 9.89. The number of aliphatic hydroxyl groups excluding tert-OH is 1. The van der Waals surface area contributed by atoms with Gasteiger partial charge >= 0.3 is 0 Å². The summed E-state index contributed by atoms with van der Waals surface area (Å²) in [5, 5.41) is 31.2. The molecule has 1 aromatic heterocycles. The Morgan fingerprint density at radius 3 is 2.63 bits per heavy atom. The molecular formula is C21H20BrCl2NO5. The number of aromatic hydroxyl groups is 2. The Hall–Kier alpha value is -1.77. The first-order chi connectivity index (χ1) is 13.8. The first-order valence-corrected chi connectivity index (χ1v) is 10.3. The first kappa shape index (κ1) is 22.9. The van der Waals surface area contributed by atoms with Gasteiger partial charge in [0.1, 0.15) is 28.2 Å². The van der Waals surface area contributed by atoms with Gasteiger partial charge < -0.3 is 24.6 Å². The van der Waals surface area contributed by atoms with Crippen molar-refractivity contribution < 1.29 is 19.7 Å². The van der Waals surface area contributed by atoms with Crippen LogP contribution < -0.4 is 5.43 Å². The number of phenolic OH excluding ortho intramolecular Hbond substituents is 2. The maximum atomic E-state index is 12.9. The van der Waals surface area contributed by atoms with Gasteiger partial charge in [0.15, 0.2) is 5.43 Å². The molecule has 3 N–H and O–H groups in total. The monoisotopic (exact) mass is 515 g/mol. The van der Waals surface area contributed by atoms with Crippen molar-refractivity contribution in [1.29, 1.82) is 0 Å². The molecule has 0 spiro atoms. The number of phenols is 2. The first-order valence-electron chi connectivity index (χ1n) is 9.11. The predicted octanol–water partition coefficient (Wildman–Crippen LogP) is 4.49. The van der Waals surface area contributed by atoms with Crippen molar-refractivity contribution in [1.82, 2.24) is 4.90 Å². The minimum absolute atomic E-state index is 0. The van der Waals surface area contributed by atoms with Crippen molar-refractivity contribution in [2.24, 2.45) is 0 Å². The summed E-state index contributed by atoms with van der Waals surface area (Å²) in [6, 6.07) is 7.39. The number of halogens is 3. The molecule has 0 aliphatic carbocycles. The van der Waals surface area contributed by atoms with E-state index in [1.165, 1.54) is 6.07 Å². The minimum Gasteiger partial charge on any atom is -0.507 e. The van der Waals surface area contributed by atoms with Gasteiger partial charge in [-0.05, 0) is 38.2 Å². The van der Waals surface area contributed by atoms with Crippen molar-refractivity contribution >= 4 is 50.9 Å². The fourth-order valence-electron chi connectivity index (χ4n) is 4.11. The van der Waals surface area contributed by atoms with Gasteiger partial charge in [-0.25, -0.2) is 0 Å². The largest absolute Gasteiger partial charge is 0.507 e. The van der Waals surface area contributed by atoms with E-state index in [0.717, 1.165) is 17.1 Å². The van der Waals surface area contributed by atoms with Crippen LogP contribution in [0.4, 0.5) is 0 Å². The number of likely N-dealkylation sites (tertiary alicyclic amines) is 1. The molecule has 0 radical (unpaired) electrons. The van der Waals surface area contributed by atoms with E-state index in [9.17, 15) is 20.1 Å². The number of aliphatic hydroxyl groups is 1. The molecule has 2 atom stereocenters. The summed E-state index contributed by atoms with van der Waals surface area (Å²) in [6.07, 6.45) is 0.669. The van der Waals surface area contributed by atoms with Crippen LogP contribution in [0.2, 0.25) is 5.02 Å². The predicted molar refractivity (Wildman–Crippen MR) is 122 cm³/mol. The molecule has 1 aliphatic rings. The molecular weight excluding hydrogens is 497 g/mol. The van der Waals surface area contributed by atoms with Crippen LogP contribution in [0.1, 0.15) is 17.9 Å². The van der Waals surface area contributed by atoms with E-state index in [1.54, 1.807) is 18.2 Å². The third-order valence-corrected chi connectivity index (χ3v) is 6.38. The summed E-state index contributed by atoms with van der Waals surface area (Å²) < 4.78 is 6.85. The van der Waals surface area contributed by atoms with Crippen molar-refractivity contribution in [3.63, 3.8) is 0 Å². The van der Waals surface area contributed by atoms with Crippen LogP contribution in [0.5, 0.6) is 11.5 Å². The van der Waals surface area contributed by atoms with Crippen LogP contribution in [0.25, 0.3) is 22.3 Å². The normalized spacial score (nSPS) is 19.2. The number of likely N-dealkylation sites (N-methyl/N-ethyl adjacent to an activating group) is 1. The van der Waals surface area contributed by atoms with Crippen molar-refractivity contribution in [2.45, 2.75) is 18.4 Å².